The van der Waals surface area contributed by atoms with Crippen molar-refractivity contribution in [3.63, 3.8) is 0 Å². The molecule has 0 aliphatic carbocycles. The quantitative estimate of drug-likeness (QED) is 0.496. The third-order valence-corrected chi connectivity index (χ3v) is 4.55. The maximum absolute atomic E-state index is 11.9. The Labute approximate surface area is 138 Å². The minimum absolute atomic E-state index is 0.304. The van der Waals surface area contributed by atoms with E-state index in [0.717, 1.165) is 33.2 Å². The Morgan fingerprint density at radius 2 is 1.67 bits per heavy atom. The summed E-state index contributed by atoms with van der Waals surface area (Å²) in [7, 11) is 1.65. The fourth-order valence-electron chi connectivity index (χ4n) is 2.96. The van der Waals surface area contributed by atoms with Gasteiger partial charge >= 0.3 is 5.63 Å². The molecule has 0 saturated heterocycles. The summed E-state index contributed by atoms with van der Waals surface area (Å²) >= 11 is 0. The van der Waals surface area contributed by atoms with Gasteiger partial charge in [0.2, 0.25) is 0 Å². The summed E-state index contributed by atoms with van der Waals surface area (Å²) in [6.07, 6.45) is 1.73. The van der Waals surface area contributed by atoms with Gasteiger partial charge in [0.25, 0.3) is 0 Å². The summed E-state index contributed by atoms with van der Waals surface area (Å²) in [6.45, 7) is 3.72. The summed E-state index contributed by atoms with van der Waals surface area (Å²) in [6, 6.07) is 11.6. The highest BCUT2D eigenvalue weighted by Crippen LogP contribution is 2.35. The minimum Gasteiger partial charge on any atom is -0.497 e. The first kappa shape index (κ1) is 14.6. The predicted octanol–water partition coefficient (Wildman–Crippen LogP) is 4.83. The van der Waals surface area contributed by atoms with Crippen molar-refractivity contribution < 1.29 is 13.6 Å². The molecule has 120 valence electrons. The molecule has 0 atom stereocenters. The van der Waals surface area contributed by atoms with E-state index in [9.17, 15) is 4.79 Å². The van der Waals surface area contributed by atoms with Crippen LogP contribution in [0.4, 0.5) is 0 Å². The van der Waals surface area contributed by atoms with Crippen molar-refractivity contribution in [1.29, 1.82) is 0 Å². The van der Waals surface area contributed by atoms with Gasteiger partial charge in [-0.3, -0.25) is 0 Å². The number of hydrogen-bond acceptors (Lipinski definition) is 4. The molecule has 0 amide bonds. The van der Waals surface area contributed by atoms with Gasteiger partial charge < -0.3 is 13.6 Å². The first-order chi connectivity index (χ1) is 11.6. The Morgan fingerprint density at radius 3 is 2.38 bits per heavy atom. The maximum atomic E-state index is 11.9. The van der Waals surface area contributed by atoms with Gasteiger partial charge in [-0.05, 0) is 43.2 Å². The maximum Gasteiger partial charge on any atom is 0.339 e. The molecule has 4 aromatic rings. The number of methoxy groups -OCH3 is 1. The van der Waals surface area contributed by atoms with Crippen molar-refractivity contribution in [3.05, 3.63) is 64.2 Å². The van der Waals surface area contributed by atoms with Crippen LogP contribution in [-0.4, -0.2) is 7.11 Å². The van der Waals surface area contributed by atoms with E-state index in [2.05, 4.69) is 0 Å². The number of benzene rings is 2. The third-order valence-electron chi connectivity index (χ3n) is 4.55. The summed E-state index contributed by atoms with van der Waals surface area (Å²) in [5.41, 5.74) is 4.55. The van der Waals surface area contributed by atoms with Crippen molar-refractivity contribution in [3.8, 4) is 16.9 Å². The van der Waals surface area contributed by atoms with Crippen LogP contribution < -0.4 is 10.4 Å². The second-order valence-corrected chi connectivity index (χ2v) is 5.86. The lowest BCUT2D eigenvalue weighted by atomic mass is 10.0. The second-order valence-electron chi connectivity index (χ2n) is 5.86. The Bertz CT molecular complexity index is 1110. The van der Waals surface area contributed by atoms with Gasteiger partial charge in [-0.25, -0.2) is 4.79 Å². The summed E-state index contributed by atoms with van der Waals surface area (Å²) in [5, 5.41) is 1.92. The van der Waals surface area contributed by atoms with Gasteiger partial charge in [0, 0.05) is 28.0 Å². The number of aryl methyl sites for hydroxylation is 1. The summed E-state index contributed by atoms with van der Waals surface area (Å²) in [4.78, 5) is 11.9. The van der Waals surface area contributed by atoms with E-state index in [1.165, 1.54) is 0 Å². The van der Waals surface area contributed by atoms with E-state index in [4.69, 9.17) is 13.6 Å². The Balaban J connectivity index is 1.99. The molecule has 0 unspecified atom stereocenters. The number of ether oxygens (including phenoxy) is 1. The van der Waals surface area contributed by atoms with E-state index in [-0.39, 0.29) is 5.63 Å². The van der Waals surface area contributed by atoms with Crippen LogP contribution in [0.3, 0.4) is 0 Å². The van der Waals surface area contributed by atoms with Crippen LogP contribution in [0.2, 0.25) is 0 Å². The molecule has 0 fully saturated rings. The van der Waals surface area contributed by atoms with Crippen molar-refractivity contribution in [2.45, 2.75) is 13.8 Å². The molecule has 4 nitrogen and oxygen atoms in total. The number of fused-ring (bicyclic) bond motifs is 2. The first-order valence-electron chi connectivity index (χ1n) is 7.68. The van der Waals surface area contributed by atoms with Crippen LogP contribution in [0.5, 0.6) is 5.75 Å². The molecule has 4 rings (SSSR count). The van der Waals surface area contributed by atoms with E-state index in [1.54, 1.807) is 26.4 Å². The SMILES string of the molecule is COc1ccc(-c2coc3cc4oc(=O)c(C)c(C)c4cc23)cc1. The Hall–Kier alpha value is -3.01. The third kappa shape index (κ3) is 2.11. The van der Waals surface area contributed by atoms with Gasteiger partial charge in [0.1, 0.15) is 16.9 Å². The van der Waals surface area contributed by atoms with Crippen LogP contribution in [0, 0.1) is 13.8 Å². The zero-order valence-electron chi connectivity index (χ0n) is 13.7. The van der Waals surface area contributed by atoms with Gasteiger partial charge in [-0.15, -0.1) is 0 Å². The molecule has 4 heteroatoms. The van der Waals surface area contributed by atoms with Crippen LogP contribution in [0.15, 0.2) is 56.3 Å². The molecule has 2 aromatic heterocycles. The highest BCUT2D eigenvalue weighted by atomic mass is 16.5. The zero-order chi connectivity index (χ0) is 16.8. The van der Waals surface area contributed by atoms with E-state index in [0.29, 0.717) is 16.7 Å². The standard InChI is InChI=1S/C20H16O4/c1-11-12(2)20(21)24-19-9-18-16(8-15(11)19)17(10-23-18)13-4-6-14(22-3)7-5-13/h4-10H,1-3H3. The average Bonchev–Trinajstić information content (AvgIpc) is 3.01. The molecule has 24 heavy (non-hydrogen) atoms. The van der Waals surface area contributed by atoms with E-state index >= 15 is 0 Å². The lowest BCUT2D eigenvalue weighted by molar-refractivity contribution is 0.415. The van der Waals surface area contributed by atoms with E-state index in [1.807, 2.05) is 37.3 Å². The number of hydrogen-bond donors (Lipinski definition) is 0. The predicted molar refractivity (Wildman–Crippen MR) is 93.7 cm³/mol. The minimum atomic E-state index is -0.304. The van der Waals surface area contributed by atoms with Crippen molar-refractivity contribution >= 4 is 21.9 Å². The van der Waals surface area contributed by atoms with Crippen LogP contribution >= 0.6 is 0 Å². The van der Waals surface area contributed by atoms with Crippen molar-refractivity contribution in [2.24, 2.45) is 0 Å². The topological polar surface area (TPSA) is 52.6 Å². The van der Waals surface area contributed by atoms with Crippen LogP contribution in [0.1, 0.15) is 11.1 Å². The molecule has 0 aliphatic rings. The molecule has 0 spiro atoms. The zero-order valence-corrected chi connectivity index (χ0v) is 13.7. The Kier molecular flexibility index (Phi) is 3.20. The fourth-order valence-corrected chi connectivity index (χ4v) is 2.96. The van der Waals surface area contributed by atoms with Gasteiger partial charge in [-0.1, -0.05) is 12.1 Å². The normalized spacial score (nSPS) is 11.3. The van der Waals surface area contributed by atoms with Crippen molar-refractivity contribution in [1.82, 2.24) is 0 Å². The van der Waals surface area contributed by atoms with Gasteiger partial charge in [0.15, 0.2) is 0 Å². The first-order valence-corrected chi connectivity index (χ1v) is 7.68. The highest BCUT2D eigenvalue weighted by molar-refractivity contribution is 6.02. The number of furan rings is 1. The molecular weight excluding hydrogens is 304 g/mol. The Morgan fingerprint density at radius 1 is 0.917 bits per heavy atom. The monoisotopic (exact) mass is 320 g/mol. The van der Waals surface area contributed by atoms with Crippen LogP contribution in [0.25, 0.3) is 33.1 Å². The highest BCUT2D eigenvalue weighted by Gasteiger charge is 2.14. The molecular formula is C20H16O4. The van der Waals surface area contributed by atoms with E-state index < -0.39 is 0 Å². The lowest BCUT2D eigenvalue weighted by Gasteiger charge is -2.05. The molecule has 0 N–H and O–H groups in total. The molecule has 0 bridgehead atoms. The second kappa shape index (κ2) is 5.27. The molecule has 2 aromatic carbocycles. The van der Waals surface area contributed by atoms with Gasteiger partial charge in [0.05, 0.1) is 13.4 Å². The van der Waals surface area contributed by atoms with Crippen LogP contribution in [-0.2, 0) is 0 Å². The van der Waals surface area contributed by atoms with Crippen molar-refractivity contribution in [2.75, 3.05) is 7.11 Å². The molecule has 0 aliphatic heterocycles. The molecule has 0 radical (unpaired) electrons. The number of rotatable bonds is 2. The molecule has 2 heterocycles. The fraction of sp³-hybridized carbons (Fsp3) is 0.150. The molecule has 0 saturated carbocycles. The average molecular weight is 320 g/mol. The summed E-state index contributed by atoms with van der Waals surface area (Å²) < 4.78 is 16.3. The summed E-state index contributed by atoms with van der Waals surface area (Å²) in [5.74, 6) is 0.810. The smallest absolute Gasteiger partial charge is 0.339 e. The largest absolute Gasteiger partial charge is 0.497 e. The van der Waals surface area contributed by atoms with Gasteiger partial charge in [-0.2, -0.15) is 0 Å². The lowest BCUT2D eigenvalue weighted by Crippen LogP contribution is -2.05.